The van der Waals surface area contributed by atoms with Crippen LogP contribution in [0.25, 0.3) is 0 Å². The molecule has 4 heteroatoms. The fraction of sp³-hybridized carbons (Fsp3) is 0.538. The summed E-state index contributed by atoms with van der Waals surface area (Å²) in [6, 6.07) is 5.48. The van der Waals surface area contributed by atoms with Gasteiger partial charge in [-0.15, -0.1) is 0 Å². The molecule has 0 aliphatic carbocycles. The van der Waals surface area contributed by atoms with Crippen molar-refractivity contribution in [2.24, 2.45) is 0 Å². The molecule has 2 rings (SSSR count). The molecule has 1 aromatic rings. The van der Waals surface area contributed by atoms with E-state index in [4.69, 9.17) is 11.6 Å². The third kappa shape index (κ3) is 3.66. The average Bonchev–Trinajstić information content (AvgIpc) is 2.48. The number of hydrogen-bond acceptors (Lipinski definition) is 2. The van der Waals surface area contributed by atoms with Crippen molar-refractivity contribution < 1.29 is 4.39 Å². The maximum atomic E-state index is 13.0. The number of nitrogens with one attached hydrogen (secondary N) is 1. The molecule has 0 saturated carbocycles. The molecule has 1 fully saturated rings. The van der Waals surface area contributed by atoms with Crippen LogP contribution >= 0.6 is 11.6 Å². The second-order valence-corrected chi connectivity index (χ2v) is 5.10. The van der Waals surface area contributed by atoms with Gasteiger partial charge in [-0.1, -0.05) is 17.7 Å². The summed E-state index contributed by atoms with van der Waals surface area (Å²) in [7, 11) is 0. The number of rotatable bonds is 2. The summed E-state index contributed by atoms with van der Waals surface area (Å²) in [6.07, 6.45) is 1.15. The Morgan fingerprint density at radius 1 is 1.53 bits per heavy atom. The fourth-order valence-corrected chi connectivity index (χ4v) is 2.44. The summed E-state index contributed by atoms with van der Waals surface area (Å²) in [5.41, 5.74) is 1.07. The van der Waals surface area contributed by atoms with Crippen LogP contribution in [0, 0.1) is 5.82 Å². The molecule has 0 bridgehead atoms. The zero-order valence-corrected chi connectivity index (χ0v) is 10.8. The quantitative estimate of drug-likeness (QED) is 0.875. The lowest BCUT2D eigenvalue weighted by Gasteiger charge is -2.22. The zero-order chi connectivity index (χ0) is 12.3. The molecule has 1 aliphatic rings. The first-order valence-electron chi connectivity index (χ1n) is 6.05. The van der Waals surface area contributed by atoms with Crippen LogP contribution < -0.4 is 5.32 Å². The van der Waals surface area contributed by atoms with Crippen LogP contribution in [0.2, 0.25) is 5.02 Å². The van der Waals surface area contributed by atoms with E-state index in [2.05, 4.69) is 17.1 Å². The van der Waals surface area contributed by atoms with Crippen molar-refractivity contribution in [2.45, 2.75) is 25.9 Å². The standard InChI is InChI=1S/C13H18ClFN2/c1-10-8-17(6-2-5-16-10)9-11-3-4-13(15)12(14)7-11/h3-4,7,10,16H,2,5-6,8-9H2,1H3. The first-order chi connectivity index (χ1) is 8.15. The van der Waals surface area contributed by atoms with Gasteiger partial charge in [-0.05, 0) is 44.1 Å². The van der Waals surface area contributed by atoms with Gasteiger partial charge in [-0.25, -0.2) is 4.39 Å². The average molecular weight is 257 g/mol. The Morgan fingerprint density at radius 3 is 3.12 bits per heavy atom. The fourth-order valence-electron chi connectivity index (χ4n) is 2.23. The number of hydrogen-bond donors (Lipinski definition) is 1. The highest BCUT2D eigenvalue weighted by Gasteiger charge is 2.14. The monoisotopic (exact) mass is 256 g/mol. The Kier molecular flexibility index (Phi) is 4.37. The van der Waals surface area contributed by atoms with Crippen LogP contribution in [0.1, 0.15) is 18.9 Å². The smallest absolute Gasteiger partial charge is 0.141 e. The van der Waals surface area contributed by atoms with Gasteiger partial charge in [-0.3, -0.25) is 4.90 Å². The zero-order valence-electron chi connectivity index (χ0n) is 10.0. The van der Waals surface area contributed by atoms with Gasteiger partial charge in [0.1, 0.15) is 5.82 Å². The normalized spacial score (nSPS) is 22.4. The highest BCUT2D eigenvalue weighted by molar-refractivity contribution is 6.30. The highest BCUT2D eigenvalue weighted by atomic mass is 35.5. The minimum absolute atomic E-state index is 0.212. The van der Waals surface area contributed by atoms with Gasteiger partial charge >= 0.3 is 0 Å². The molecule has 0 spiro atoms. The van der Waals surface area contributed by atoms with Crippen LogP contribution in [-0.2, 0) is 6.54 Å². The number of nitrogens with zero attached hydrogens (tertiary/aromatic N) is 1. The molecule has 1 unspecified atom stereocenters. The Labute approximate surface area is 107 Å². The first kappa shape index (κ1) is 12.8. The lowest BCUT2D eigenvalue weighted by molar-refractivity contribution is 0.264. The van der Waals surface area contributed by atoms with Gasteiger partial charge in [0.05, 0.1) is 5.02 Å². The predicted octanol–water partition coefficient (Wildman–Crippen LogP) is 2.66. The Hall–Kier alpha value is -0.640. The molecule has 1 aliphatic heterocycles. The van der Waals surface area contributed by atoms with Gasteiger partial charge in [0.2, 0.25) is 0 Å². The topological polar surface area (TPSA) is 15.3 Å². The third-order valence-electron chi connectivity index (χ3n) is 3.07. The predicted molar refractivity (Wildman–Crippen MR) is 68.8 cm³/mol. The summed E-state index contributed by atoms with van der Waals surface area (Å²) >= 11 is 5.79. The van der Waals surface area contributed by atoms with Gasteiger partial charge in [0, 0.05) is 19.1 Å². The van der Waals surface area contributed by atoms with Crippen molar-refractivity contribution in [3.63, 3.8) is 0 Å². The second kappa shape index (κ2) is 5.80. The molecule has 1 aromatic carbocycles. The van der Waals surface area contributed by atoms with Gasteiger partial charge in [-0.2, -0.15) is 0 Å². The van der Waals surface area contributed by atoms with Crippen molar-refractivity contribution in [2.75, 3.05) is 19.6 Å². The summed E-state index contributed by atoms with van der Waals surface area (Å²) < 4.78 is 13.0. The summed E-state index contributed by atoms with van der Waals surface area (Å²) in [4.78, 5) is 2.38. The minimum Gasteiger partial charge on any atom is -0.313 e. The highest BCUT2D eigenvalue weighted by Crippen LogP contribution is 2.17. The SMILES string of the molecule is CC1CN(Cc2ccc(F)c(Cl)c2)CCCN1. The van der Waals surface area contributed by atoms with E-state index in [1.54, 1.807) is 6.07 Å². The summed E-state index contributed by atoms with van der Waals surface area (Å²) in [5.74, 6) is -0.346. The molecule has 1 saturated heterocycles. The van der Waals surface area contributed by atoms with Gasteiger partial charge in [0.25, 0.3) is 0 Å². The number of benzene rings is 1. The minimum atomic E-state index is -0.346. The number of halogens is 2. The largest absolute Gasteiger partial charge is 0.313 e. The van der Waals surface area contributed by atoms with Crippen molar-refractivity contribution in [3.05, 3.63) is 34.6 Å². The molecule has 1 atom stereocenters. The van der Waals surface area contributed by atoms with Crippen molar-refractivity contribution in [1.29, 1.82) is 0 Å². The van der Waals surface area contributed by atoms with E-state index in [9.17, 15) is 4.39 Å². The third-order valence-corrected chi connectivity index (χ3v) is 3.36. The van der Waals surface area contributed by atoms with Crippen LogP contribution in [0.4, 0.5) is 4.39 Å². The van der Waals surface area contributed by atoms with E-state index in [-0.39, 0.29) is 10.8 Å². The maximum Gasteiger partial charge on any atom is 0.141 e. The molecule has 0 aromatic heterocycles. The second-order valence-electron chi connectivity index (χ2n) is 4.69. The van der Waals surface area contributed by atoms with E-state index in [1.807, 2.05) is 6.07 Å². The van der Waals surface area contributed by atoms with E-state index < -0.39 is 0 Å². The Morgan fingerprint density at radius 2 is 2.35 bits per heavy atom. The maximum absolute atomic E-state index is 13.0. The molecule has 2 nitrogen and oxygen atoms in total. The van der Waals surface area contributed by atoms with Crippen LogP contribution in [0.15, 0.2) is 18.2 Å². The van der Waals surface area contributed by atoms with Crippen molar-refractivity contribution in [1.82, 2.24) is 10.2 Å². The summed E-state index contributed by atoms with van der Waals surface area (Å²) in [5, 5.41) is 3.66. The molecular formula is C13H18ClFN2. The lowest BCUT2D eigenvalue weighted by Crippen LogP contribution is -2.34. The Bertz CT molecular complexity index is 384. The molecule has 0 radical (unpaired) electrons. The van der Waals surface area contributed by atoms with E-state index in [0.717, 1.165) is 38.2 Å². The first-order valence-corrected chi connectivity index (χ1v) is 6.42. The molecule has 1 N–H and O–H groups in total. The molecule has 94 valence electrons. The molecule has 0 amide bonds. The van der Waals surface area contributed by atoms with Crippen LogP contribution in [0.5, 0.6) is 0 Å². The molecule has 1 heterocycles. The van der Waals surface area contributed by atoms with Crippen molar-refractivity contribution in [3.8, 4) is 0 Å². The van der Waals surface area contributed by atoms with E-state index >= 15 is 0 Å². The lowest BCUT2D eigenvalue weighted by atomic mass is 10.2. The van der Waals surface area contributed by atoms with Gasteiger partial charge in [0.15, 0.2) is 0 Å². The van der Waals surface area contributed by atoms with Crippen LogP contribution in [-0.4, -0.2) is 30.6 Å². The van der Waals surface area contributed by atoms with Crippen LogP contribution in [0.3, 0.4) is 0 Å². The van der Waals surface area contributed by atoms with Gasteiger partial charge < -0.3 is 5.32 Å². The Balaban J connectivity index is 2.01. The van der Waals surface area contributed by atoms with E-state index in [0.29, 0.717) is 6.04 Å². The summed E-state index contributed by atoms with van der Waals surface area (Å²) in [6.45, 7) is 6.20. The van der Waals surface area contributed by atoms with Crippen molar-refractivity contribution >= 4 is 11.6 Å². The van der Waals surface area contributed by atoms with E-state index in [1.165, 1.54) is 6.07 Å². The molecule has 17 heavy (non-hydrogen) atoms. The molecular weight excluding hydrogens is 239 g/mol.